The highest BCUT2D eigenvalue weighted by Crippen LogP contribution is 2.16. The van der Waals surface area contributed by atoms with Crippen LogP contribution in [-0.4, -0.2) is 6.04 Å². The number of nitrogens with zero attached hydrogens (tertiary/aromatic N) is 1. The number of hydrogen-bond donors (Lipinski definition) is 1. The van der Waals surface area contributed by atoms with E-state index in [9.17, 15) is 0 Å². The van der Waals surface area contributed by atoms with Crippen molar-refractivity contribution in [2.45, 2.75) is 40.2 Å². The highest BCUT2D eigenvalue weighted by molar-refractivity contribution is 5.49. The van der Waals surface area contributed by atoms with Crippen molar-refractivity contribution in [1.29, 1.82) is 5.26 Å². The quantitative estimate of drug-likeness (QED) is 0.833. The molecule has 86 valence electrons. The van der Waals surface area contributed by atoms with Crippen LogP contribution in [0.3, 0.4) is 0 Å². The molecule has 0 heterocycles. The Bertz CT molecular complexity index is 368. The summed E-state index contributed by atoms with van der Waals surface area (Å²) >= 11 is 0. The van der Waals surface area contributed by atoms with Gasteiger partial charge in [-0.25, -0.2) is 0 Å². The van der Waals surface area contributed by atoms with Crippen molar-refractivity contribution in [1.82, 2.24) is 0 Å². The summed E-state index contributed by atoms with van der Waals surface area (Å²) in [6.45, 7) is 8.41. The Morgan fingerprint density at radius 1 is 1.19 bits per heavy atom. The van der Waals surface area contributed by atoms with Crippen LogP contribution >= 0.6 is 0 Å². The highest BCUT2D eigenvalue weighted by Gasteiger charge is 2.09. The van der Waals surface area contributed by atoms with Crippen LogP contribution in [0, 0.1) is 31.1 Å². The van der Waals surface area contributed by atoms with Gasteiger partial charge in [0.2, 0.25) is 0 Å². The molecule has 0 aliphatic rings. The van der Waals surface area contributed by atoms with Crippen molar-refractivity contribution >= 4 is 5.69 Å². The molecule has 1 atom stereocenters. The van der Waals surface area contributed by atoms with E-state index in [1.807, 2.05) is 0 Å². The lowest BCUT2D eigenvalue weighted by Crippen LogP contribution is -2.19. The Labute approximate surface area is 98.3 Å². The summed E-state index contributed by atoms with van der Waals surface area (Å²) in [7, 11) is 0. The molecule has 0 bridgehead atoms. The highest BCUT2D eigenvalue weighted by atomic mass is 14.9. The average Bonchev–Trinajstić information content (AvgIpc) is 2.14. The van der Waals surface area contributed by atoms with Crippen molar-refractivity contribution in [2.24, 2.45) is 5.92 Å². The minimum atomic E-state index is -0.0961. The Morgan fingerprint density at radius 3 is 2.19 bits per heavy atom. The molecule has 2 heteroatoms. The first-order chi connectivity index (χ1) is 7.51. The third-order valence-corrected chi connectivity index (χ3v) is 2.43. The predicted molar refractivity (Wildman–Crippen MR) is 68.4 cm³/mol. The maximum atomic E-state index is 9.06. The number of aryl methyl sites for hydroxylation is 2. The number of nitrogens with one attached hydrogen (secondary N) is 1. The lowest BCUT2D eigenvalue weighted by atomic mass is 10.0. The van der Waals surface area contributed by atoms with E-state index in [1.165, 1.54) is 11.1 Å². The third-order valence-electron chi connectivity index (χ3n) is 2.43. The van der Waals surface area contributed by atoms with Gasteiger partial charge >= 0.3 is 0 Å². The molecule has 0 aromatic heterocycles. The van der Waals surface area contributed by atoms with Crippen LogP contribution in [0.25, 0.3) is 0 Å². The standard InChI is InChI=1S/C14H20N2/c1-10(2)5-14(9-15)16-13-7-11(3)6-12(4)8-13/h6-8,10,14,16H,5H2,1-4H3. The Kier molecular flexibility index (Phi) is 4.37. The fourth-order valence-electron chi connectivity index (χ4n) is 1.87. The average molecular weight is 216 g/mol. The van der Waals surface area contributed by atoms with Gasteiger partial charge in [0.15, 0.2) is 0 Å². The molecule has 0 saturated carbocycles. The lowest BCUT2D eigenvalue weighted by Gasteiger charge is -2.15. The second-order valence-electron chi connectivity index (χ2n) is 4.83. The van der Waals surface area contributed by atoms with E-state index in [-0.39, 0.29) is 6.04 Å². The van der Waals surface area contributed by atoms with Gasteiger partial charge in [0, 0.05) is 5.69 Å². The largest absolute Gasteiger partial charge is 0.370 e. The van der Waals surface area contributed by atoms with Crippen LogP contribution in [0.4, 0.5) is 5.69 Å². The zero-order chi connectivity index (χ0) is 12.1. The van der Waals surface area contributed by atoms with Gasteiger partial charge in [-0.1, -0.05) is 19.9 Å². The normalized spacial score (nSPS) is 12.2. The van der Waals surface area contributed by atoms with Crippen molar-refractivity contribution in [3.8, 4) is 6.07 Å². The van der Waals surface area contributed by atoms with E-state index in [0.29, 0.717) is 5.92 Å². The zero-order valence-corrected chi connectivity index (χ0v) is 10.5. The first-order valence-corrected chi connectivity index (χ1v) is 5.75. The molecule has 1 aromatic rings. The second-order valence-corrected chi connectivity index (χ2v) is 4.83. The molecule has 1 aromatic carbocycles. The second kappa shape index (κ2) is 5.55. The van der Waals surface area contributed by atoms with Crippen LogP contribution < -0.4 is 5.32 Å². The molecule has 0 fully saturated rings. The monoisotopic (exact) mass is 216 g/mol. The molecule has 16 heavy (non-hydrogen) atoms. The van der Waals surface area contributed by atoms with Gasteiger partial charge in [-0.05, 0) is 49.4 Å². The Hall–Kier alpha value is -1.49. The van der Waals surface area contributed by atoms with E-state index in [0.717, 1.165) is 12.1 Å². The third kappa shape index (κ3) is 3.94. The van der Waals surface area contributed by atoms with Crippen LogP contribution in [0.5, 0.6) is 0 Å². The molecule has 0 spiro atoms. The van der Waals surface area contributed by atoms with Crippen molar-refractivity contribution in [3.05, 3.63) is 29.3 Å². The summed E-state index contributed by atoms with van der Waals surface area (Å²) in [5.74, 6) is 0.531. The molecule has 0 aliphatic heterocycles. The molecular formula is C14H20N2. The molecule has 1 unspecified atom stereocenters. The van der Waals surface area contributed by atoms with E-state index >= 15 is 0 Å². The van der Waals surface area contributed by atoms with Crippen molar-refractivity contribution in [3.63, 3.8) is 0 Å². The van der Waals surface area contributed by atoms with Crippen molar-refractivity contribution < 1.29 is 0 Å². The van der Waals surface area contributed by atoms with Crippen LogP contribution in [0.2, 0.25) is 0 Å². The molecule has 1 N–H and O–H groups in total. The fraction of sp³-hybridized carbons (Fsp3) is 0.500. The van der Waals surface area contributed by atoms with Crippen LogP contribution in [0.15, 0.2) is 18.2 Å². The van der Waals surface area contributed by atoms with Crippen molar-refractivity contribution in [2.75, 3.05) is 5.32 Å². The summed E-state index contributed by atoms with van der Waals surface area (Å²) in [6.07, 6.45) is 0.878. The minimum Gasteiger partial charge on any atom is -0.370 e. The maximum absolute atomic E-state index is 9.06. The van der Waals surface area contributed by atoms with E-state index in [1.54, 1.807) is 0 Å². The Balaban J connectivity index is 2.74. The number of anilines is 1. The number of hydrogen-bond acceptors (Lipinski definition) is 2. The summed E-state index contributed by atoms with van der Waals surface area (Å²) < 4.78 is 0. The molecule has 0 aliphatic carbocycles. The van der Waals surface area contributed by atoms with E-state index < -0.39 is 0 Å². The van der Waals surface area contributed by atoms with E-state index in [2.05, 4.69) is 57.3 Å². The van der Waals surface area contributed by atoms with Gasteiger partial charge in [0.1, 0.15) is 6.04 Å². The topological polar surface area (TPSA) is 35.8 Å². The summed E-state index contributed by atoms with van der Waals surface area (Å²) in [5.41, 5.74) is 3.50. The SMILES string of the molecule is Cc1cc(C)cc(NC(C#N)CC(C)C)c1. The number of nitriles is 1. The van der Waals surface area contributed by atoms with Gasteiger partial charge in [-0.15, -0.1) is 0 Å². The fourth-order valence-corrected chi connectivity index (χ4v) is 1.87. The molecular weight excluding hydrogens is 196 g/mol. The molecule has 0 radical (unpaired) electrons. The summed E-state index contributed by atoms with van der Waals surface area (Å²) in [6, 6.07) is 8.51. The summed E-state index contributed by atoms with van der Waals surface area (Å²) in [5, 5.41) is 12.3. The lowest BCUT2D eigenvalue weighted by molar-refractivity contribution is 0.568. The van der Waals surface area contributed by atoms with Crippen LogP contribution in [0.1, 0.15) is 31.4 Å². The number of rotatable bonds is 4. The molecule has 1 rings (SSSR count). The maximum Gasteiger partial charge on any atom is 0.114 e. The summed E-state index contributed by atoms with van der Waals surface area (Å²) in [4.78, 5) is 0. The van der Waals surface area contributed by atoms with Gasteiger partial charge in [0.25, 0.3) is 0 Å². The zero-order valence-electron chi connectivity index (χ0n) is 10.5. The van der Waals surface area contributed by atoms with Gasteiger partial charge in [-0.2, -0.15) is 5.26 Å². The van der Waals surface area contributed by atoms with Gasteiger partial charge < -0.3 is 5.32 Å². The smallest absolute Gasteiger partial charge is 0.114 e. The van der Waals surface area contributed by atoms with E-state index in [4.69, 9.17) is 5.26 Å². The molecule has 0 saturated heterocycles. The minimum absolute atomic E-state index is 0.0961. The molecule has 0 amide bonds. The first kappa shape index (κ1) is 12.6. The number of benzene rings is 1. The molecule has 2 nitrogen and oxygen atoms in total. The first-order valence-electron chi connectivity index (χ1n) is 5.75. The van der Waals surface area contributed by atoms with Gasteiger partial charge in [-0.3, -0.25) is 0 Å². The van der Waals surface area contributed by atoms with Crippen LogP contribution in [-0.2, 0) is 0 Å². The predicted octanol–water partition coefficient (Wildman–Crippen LogP) is 3.65. The Morgan fingerprint density at radius 2 is 1.75 bits per heavy atom. The van der Waals surface area contributed by atoms with Gasteiger partial charge in [0.05, 0.1) is 6.07 Å².